The maximum absolute atomic E-state index is 11.2. The van der Waals surface area contributed by atoms with Gasteiger partial charge in [0, 0.05) is 23.2 Å². The largest absolute Gasteiger partial charge is 0.361 e. The summed E-state index contributed by atoms with van der Waals surface area (Å²) in [4.78, 5) is 14.2. The van der Waals surface area contributed by atoms with E-state index in [0.717, 1.165) is 10.9 Å². The van der Waals surface area contributed by atoms with Gasteiger partial charge in [0.15, 0.2) is 5.43 Å². The van der Waals surface area contributed by atoms with Gasteiger partial charge in [-0.2, -0.15) is 0 Å². The van der Waals surface area contributed by atoms with Crippen LogP contribution in [0.4, 0.5) is 0 Å². The molecule has 0 atom stereocenters. The summed E-state index contributed by atoms with van der Waals surface area (Å²) >= 11 is 2.94. The van der Waals surface area contributed by atoms with Gasteiger partial charge in [-0.05, 0) is 18.0 Å². The summed E-state index contributed by atoms with van der Waals surface area (Å²) in [6.45, 7) is 4.00. The predicted octanol–water partition coefficient (Wildman–Crippen LogP) is 3.57. The Morgan fingerprint density at radius 2 is 1.67 bits per heavy atom. The second-order valence-electron chi connectivity index (χ2n) is 2.39. The SMILES string of the molecule is CBr.CC.O=c1cc[nH]c2ccccc12. The van der Waals surface area contributed by atoms with Gasteiger partial charge in [0.2, 0.25) is 0 Å². The van der Waals surface area contributed by atoms with Gasteiger partial charge in [-0.1, -0.05) is 41.9 Å². The number of hydrogen-bond donors (Lipinski definition) is 1. The molecule has 0 aliphatic heterocycles. The molecule has 0 spiro atoms. The van der Waals surface area contributed by atoms with Crippen molar-refractivity contribution in [1.82, 2.24) is 4.98 Å². The first-order chi connectivity index (χ1) is 7.38. The molecule has 15 heavy (non-hydrogen) atoms. The summed E-state index contributed by atoms with van der Waals surface area (Å²) in [6.07, 6.45) is 1.66. The van der Waals surface area contributed by atoms with E-state index in [9.17, 15) is 4.79 Å². The molecular weight excluding hydrogens is 254 g/mol. The lowest BCUT2D eigenvalue weighted by atomic mass is 10.2. The lowest BCUT2D eigenvalue weighted by Gasteiger charge is -1.92. The molecule has 0 fully saturated rings. The van der Waals surface area contributed by atoms with Crippen LogP contribution in [-0.4, -0.2) is 10.8 Å². The minimum Gasteiger partial charge on any atom is -0.361 e. The van der Waals surface area contributed by atoms with Crippen molar-refractivity contribution in [3.05, 3.63) is 46.8 Å². The highest BCUT2D eigenvalue weighted by Crippen LogP contribution is 2.03. The van der Waals surface area contributed by atoms with E-state index in [0.29, 0.717) is 0 Å². The number of aromatic nitrogens is 1. The summed E-state index contributed by atoms with van der Waals surface area (Å²) < 4.78 is 0. The van der Waals surface area contributed by atoms with Crippen LogP contribution in [0.1, 0.15) is 13.8 Å². The number of nitrogens with one attached hydrogen (secondary N) is 1. The third-order valence-corrected chi connectivity index (χ3v) is 1.67. The summed E-state index contributed by atoms with van der Waals surface area (Å²) in [6, 6.07) is 8.99. The summed E-state index contributed by atoms with van der Waals surface area (Å²) in [7, 11) is 0. The first-order valence-corrected chi connectivity index (χ1v) is 6.41. The number of aromatic amines is 1. The molecule has 3 heteroatoms. The zero-order chi connectivity index (χ0) is 11.7. The van der Waals surface area contributed by atoms with Crippen molar-refractivity contribution in [2.75, 3.05) is 5.83 Å². The topological polar surface area (TPSA) is 32.9 Å². The van der Waals surface area contributed by atoms with E-state index in [1.807, 2.05) is 43.9 Å². The fraction of sp³-hybridized carbons (Fsp3) is 0.250. The van der Waals surface area contributed by atoms with Gasteiger partial charge >= 0.3 is 0 Å². The molecule has 1 N–H and O–H groups in total. The molecule has 0 aliphatic rings. The summed E-state index contributed by atoms with van der Waals surface area (Å²) in [5.74, 6) is 1.81. The molecule has 0 saturated heterocycles. The Morgan fingerprint density at radius 1 is 1.07 bits per heavy atom. The zero-order valence-corrected chi connectivity index (χ0v) is 10.8. The first kappa shape index (κ1) is 13.9. The molecule has 0 aliphatic carbocycles. The van der Waals surface area contributed by atoms with E-state index < -0.39 is 0 Å². The van der Waals surface area contributed by atoms with Crippen molar-refractivity contribution in [2.45, 2.75) is 13.8 Å². The molecule has 2 rings (SSSR count). The summed E-state index contributed by atoms with van der Waals surface area (Å²) in [5, 5.41) is 0.745. The molecule has 0 unspecified atom stereocenters. The number of alkyl halides is 1. The average Bonchev–Trinajstić information content (AvgIpc) is 2.35. The van der Waals surface area contributed by atoms with Crippen LogP contribution in [0.5, 0.6) is 0 Å². The van der Waals surface area contributed by atoms with Crippen LogP contribution in [0.15, 0.2) is 41.3 Å². The van der Waals surface area contributed by atoms with Gasteiger partial charge < -0.3 is 4.98 Å². The van der Waals surface area contributed by atoms with E-state index in [4.69, 9.17) is 0 Å². The molecule has 1 heterocycles. The van der Waals surface area contributed by atoms with Gasteiger partial charge in [0.1, 0.15) is 0 Å². The molecule has 1 aromatic carbocycles. The number of H-pyrrole nitrogens is 1. The minimum absolute atomic E-state index is 0.0688. The normalized spacial score (nSPS) is 8.27. The fourth-order valence-electron chi connectivity index (χ4n) is 1.12. The molecule has 0 amide bonds. The zero-order valence-electron chi connectivity index (χ0n) is 9.25. The van der Waals surface area contributed by atoms with Gasteiger partial charge in [-0.25, -0.2) is 0 Å². The highest BCUT2D eigenvalue weighted by Gasteiger charge is 1.92. The van der Waals surface area contributed by atoms with Crippen molar-refractivity contribution in [1.29, 1.82) is 0 Å². The Bertz CT molecular complexity index is 431. The fourth-order valence-corrected chi connectivity index (χ4v) is 1.12. The van der Waals surface area contributed by atoms with Crippen LogP contribution >= 0.6 is 15.9 Å². The summed E-state index contributed by atoms with van der Waals surface area (Å²) in [5.41, 5.74) is 0.958. The Kier molecular flexibility index (Phi) is 7.64. The molecule has 2 nitrogen and oxygen atoms in total. The van der Waals surface area contributed by atoms with Gasteiger partial charge in [0.05, 0.1) is 0 Å². The van der Waals surface area contributed by atoms with E-state index >= 15 is 0 Å². The average molecular weight is 270 g/mol. The Balaban J connectivity index is 0.000000442. The number of pyridine rings is 1. The van der Waals surface area contributed by atoms with Crippen LogP contribution in [0, 0.1) is 0 Å². The quantitative estimate of drug-likeness (QED) is 0.729. The maximum Gasteiger partial charge on any atom is 0.189 e. The van der Waals surface area contributed by atoms with Crippen molar-refractivity contribution >= 4 is 26.8 Å². The van der Waals surface area contributed by atoms with Gasteiger partial charge in [0.25, 0.3) is 0 Å². The van der Waals surface area contributed by atoms with Gasteiger partial charge in [-0.3, -0.25) is 4.79 Å². The van der Waals surface area contributed by atoms with Gasteiger partial charge in [-0.15, -0.1) is 0 Å². The number of rotatable bonds is 0. The smallest absolute Gasteiger partial charge is 0.189 e. The molecule has 0 bridgehead atoms. The van der Waals surface area contributed by atoms with Crippen LogP contribution in [0.3, 0.4) is 0 Å². The first-order valence-electron chi connectivity index (χ1n) is 4.82. The van der Waals surface area contributed by atoms with Crippen LogP contribution in [0.2, 0.25) is 0 Å². The Labute approximate surface area is 98.5 Å². The molecular formula is C12H16BrNO. The molecule has 82 valence electrons. The van der Waals surface area contributed by atoms with Crippen LogP contribution in [0.25, 0.3) is 10.9 Å². The van der Waals surface area contributed by atoms with E-state index in [1.54, 1.807) is 6.20 Å². The number of hydrogen-bond acceptors (Lipinski definition) is 1. The molecule has 1 aromatic heterocycles. The lowest BCUT2D eigenvalue weighted by molar-refractivity contribution is 1.39. The number of fused-ring (bicyclic) bond motifs is 1. The molecule has 0 saturated carbocycles. The molecule has 2 aromatic rings. The Hall–Kier alpha value is -1.09. The number of para-hydroxylation sites is 1. The van der Waals surface area contributed by atoms with Crippen molar-refractivity contribution < 1.29 is 0 Å². The number of halogens is 1. The van der Waals surface area contributed by atoms with Crippen molar-refractivity contribution in [3.8, 4) is 0 Å². The van der Waals surface area contributed by atoms with Crippen LogP contribution in [-0.2, 0) is 0 Å². The van der Waals surface area contributed by atoms with E-state index in [2.05, 4.69) is 20.9 Å². The highest BCUT2D eigenvalue weighted by atomic mass is 79.9. The minimum atomic E-state index is 0.0688. The molecule has 0 radical (unpaired) electrons. The second-order valence-corrected chi connectivity index (χ2v) is 2.39. The monoisotopic (exact) mass is 269 g/mol. The van der Waals surface area contributed by atoms with Crippen molar-refractivity contribution in [3.63, 3.8) is 0 Å². The predicted molar refractivity (Wildman–Crippen MR) is 70.8 cm³/mol. The van der Waals surface area contributed by atoms with Crippen LogP contribution < -0.4 is 5.43 Å². The van der Waals surface area contributed by atoms with Crippen molar-refractivity contribution in [2.24, 2.45) is 0 Å². The third-order valence-electron chi connectivity index (χ3n) is 1.67. The third kappa shape index (κ3) is 3.88. The Morgan fingerprint density at radius 3 is 2.27 bits per heavy atom. The maximum atomic E-state index is 11.2. The standard InChI is InChI=1S/C9H7NO.C2H6.CH3Br/c11-9-5-6-10-8-4-2-1-3-7(8)9;2*1-2/h1-6H,(H,10,11);1-2H3;1H3. The lowest BCUT2D eigenvalue weighted by Crippen LogP contribution is -1.98. The van der Waals surface area contributed by atoms with E-state index in [1.165, 1.54) is 6.07 Å². The number of benzene rings is 1. The van der Waals surface area contributed by atoms with E-state index in [-0.39, 0.29) is 5.43 Å². The second kappa shape index (κ2) is 8.24. The highest BCUT2D eigenvalue weighted by molar-refractivity contribution is 9.08.